The highest BCUT2D eigenvalue weighted by atomic mass is 32.1. The highest BCUT2D eigenvalue weighted by Gasteiger charge is 2.32. The first-order valence-electron chi connectivity index (χ1n) is 12.8. The molecule has 35 heavy (non-hydrogen) atoms. The van der Waals surface area contributed by atoms with Gasteiger partial charge in [0.2, 0.25) is 11.8 Å². The van der Waals surface area contributed by atoms with Gasteiger partial charge in [0, 0.05) is 30.8 Å². The first-order chi connectivity index (χ1) is 17.0. The molecule has 1 aliphatic heterocycles. The van der Waals surface area contributed by atoms with Crippen molar-refractivity contribution in [1.82, 2.24) is 15.2 Å². The maximum atomic E-state index is 13.4. The Morgan fingerprint density at radius 1 is 1.17 bits per heavy atom. The van der Waals surface area contributed by atoms with E-state index in [-0.39, 0.29) is 11.8 Å². The molecule has 1 N–H and O–H groups in total. The number of ether oxygens (including phenoxy) is 2. The number of hydrogen-bond donors (Lipinski definition) is 1. The monoisotopic (exact) mass is 499 g/mol. The lowest BCUT2D eigenvalue weighted by atomic mass is 10.0. The van der Waals surface area contributed by atoms with Crippen molar-refractivity contribution in [1.29, 1.82) is 0 Å². The fourth-order valence-corrected chi connectivity index (χ4v) is 5.88. The summed E-state index contributed by atoms with van der Waals surface area (Å²) in [5.41, 5.74) is 3.84. The van der Waals surface area contributed by atoms with E-state index in [2.05, 4.69) is 10.3 Å². The summed E-state index contributed by atoms with van der Waals surface area (Å²) in [5, 5.41) is 3.00. The average molecular weight is 500 g/mol. The number of amides is 2. The Balaban J connectivity index is 1.47. The minimum absolute atomic E-state index is 0.0347. The van der Waals surface area contributed by atoms with Gasteiger partial charge >= 0.3 is 0 Å². The molecule has 2 fully saturated rings. The number of thiazole rings is 1. The number of hydrogen-bond acceptors (Lipinski definition) is 6. The molecule has 1 saturated carbocycles. The van der Waals surface area contributed by atoms with Crippen molar-refractivity contribution in [3.63, 3.8) is 0 Å². The van der Waals surface area contributed by atoms with Crippen LogP contribution < -0.4 is 14.8 Å². The van der Waals surface area contributed by atoms with Gasteiger partial charge in [0.15, 0.2) is 11.5 Å². The number of carbonyl (C=O) groups excluding carboxylic acids is 2. The number of nitrogens with one attached hydrogen (secondary N) is 1. The number of methoxy groups -OCH3 is 1. The number of nitrogens with zero attached hydrogens (tertiary/aromatic N) is 2. The molecule has 1 saturated heterocycles. The smallest absolute Gasteiger partial charge is 0.242 e. The number of benzene rings is 1. The van der Waals surface area contributed by atoms with Gasteiger partial charge < -0.3 is 19.7 Å². The van der Waals surface area contributed by atoms with Gasteiger partial charge in [-0.3, -0.25) is 9.59 Å². The van der Waals surface area contributed by atoms with E-state index in [1.54, 1.807) is 23.3 Å². The molecule has 0 spiro atoms. The Morgan fingerprint density at radius 3 is 2.71 bits per heavy atom. The Bertz CT molecular complexity index is 1000. The lowest BCUT2D eigenvalue weighted by Gasteiger charge is -2.31. The molecule has 1 aliphatic carbocycles. The predicted molar refractivity (Wildman–Crippen MR) is 137 cm³/mol. The van der Waals surface area contributed by atoms with Crippen molar-refractivity contribution in [3.8, 4) is 11.5 Å². The largest absolute Gasteiger partial charge is 0.493 e. The van der Waals surface area contributed by atoms with Crippen LogP contribution in [-0.4, -0.2) is 48.0 Å². The molecule has 190 valence electrons. The number of carbonyl (C=O) groups is 2. The van der Waals surface area contributed by atoms with Crippen molar-refractivity contribution in [2.45, 2.75) is 77.3 Å². The SMILES string of the molecule is COc1cc(CN(C(=O)CC2CCCC2)[C@H]2CCCCNC2=O)ccc1OCCc1scnc1C. The van der Waals surface area contributed by atoms with E-state index in [4.69, 9.17) is 9.47 Å². The van der Waals surface area contributed by atoms with E-state index in [0.29, 0.717) is 50.0 Å². The lowest BCUT2D eigenvalue weighted by molar-refractivity contribution is -0.142. The summed E-state index contributed by atoms with van der Waals surface area (Å²) in [6, 6.07) is 5.38. The normalized spacial score (nSPS) is 18.7. The Kier molecular flexibility index (Phi) is 9.01. The zero-order valence-electron chi connectivity index (χ0n) is 20.9. The van der Waals surface area contributed by atoms with Gasteiger partial charge in [0.25, 0.3) is 0 Å². The molecule has 2 aliphatic rings. The van der Waals surface area contributed by atoms with Crippen molar-refractivity contribution < 1.29 is 19.1 Å². The van der Waals surface area contributed by atoms with E-state index in [9.17, 15) is 9.59 Å². The van der Waals surface area contributed by atoms with Gasteiger partial charge in [0.1, 0.15) is 6.04 Å². The van der Waals surface area contributed by atoms with E-state index in [0.717, 1.165) is 43.4 Å². The van der Waals surface area contributed by atoms with Crippen LogP contribution in [0.2, 0.25) is 0 Å². The lowest BCUT2D eigenvalue weighted by Crippen LogP contribution is -2.48. The molecule has 2 aromatic rings. The van der Waals surface area contributed by atoms with Gasteiger partial charge in [-0.05, 0) is 62.6 Å². The molecule has 1 atom stereocenters. The molecule has 4 rings (SSSR count). The van der Waals surface area contributed by atoms with Gasteiger partial charge in [0.05, 0.1) is 24.9 Å². The molecule has 8 heteroatoms. The third-order valence-electron chi connectivity index (χ3n) is 7.15. The van der Waals surface area contributed by atoms with Gasteiger partial charge in [-0.2, -0.15) is 0 Å². The first kappa shape index (κ1) is 25.5. The summed E-state index contributed by atoms with van der Waals surface area (Å²) >= 11 is 1.64. The van der Waals surface area contributed by atoms with Crippen LogP contribution in [0.15, 0.2) is 23.7 Å². The number of aryl methyl sites for hydroxylation is 1. The topological polar surface area (TPSA) is 80.8 Å². The summed E-state index contributed by atoms with van der Waals surface area (Å²) in [6.45, 7) is 3.61. The summed E-state index contributed by atoms with van der Waals surface area (Å²) < 4.78 is 11.6. The van der Waals surface area contributed by atoms with E-state index >= 15 is 0 Å². The quantitative estimate of drug-likeness (QED) is 0.514. The third-order valence-corrected chi connectivity index (χ3v) is 8.15. The van der Waals surface area contributed by atoms with Crippen LogP contribution in [-0.2, 0) is 22.6 Å². The van der Waals surface area contributed by atoms with Crippen LogP contribution in [0.25, 0.3) is 0 Å². The average Bonchev–Trinajstić information content (AvgIpc) is 3.46. The van der Waals surface area contributed by atoms with Crippen molar-refractivity contribution in [2.24, 2.45) is 5.92 Å². The minimum atomic E-state index is -0.420. The summed E-state index contributed by atoms with van der Waals surface area (Å²) in [7, 11) is 1.63. The molecule has 2 amide bonds. The van der Waals surface area contributed by atoms with Crippen LogP contribution >= 0.6 is 11.3 Å². The van der Waals surface area contributed by atoms with Crippen molar-refractivity contribution in [3.05, 3.63) is 39.8 Å². The van der Waals surface area contributed by atoms with Crippen LogP contribution in [0, 0.1) is 12.8 Å². The van der Waals surface area contributed by atoms with Crippen LogP contribution in [0.4, 0.5) is 0 Å². The van der Waals surface area contributed by atoms with Crippen LogP contribution in [0.1, 0.15) is 67.5 Å². The van der Waals surface area contributed by atoms with E-state index in [1.807, 2.05) is 30.6 Å². The highest BCUT2D eigenvalue weighted by Crippen LogP contribution is 2.32. The van der Waals surface area contributed by atoms with Crippen molar-refractivity contribution in [2.75, 3.05) is 20.3 Å². The van der Waals surface area contributed by atoms with Gasteiger partial charge in [-0.15, -0.1) is 11.3 Å². The molecule has 1 aromatic carbocycles. The third kappa shape index (κ3) is 6.75. The maximum Gasteiger partial charge on any atom is 0.242 e. The molecular weight excluding hydrogens is 462 g/mol. The van der Waals surface area contributed by atoms with Crippen LogP contribution in [0.3, 0.4) is 0 Å². The van der Waals surface area contributed by atoms with Gasteiger partial charge in [-0.1, -0.05) is 18.9 Å². The second kappa shape index (κ2) is 12.4. The molecule has 0 unspecified atom stereocenters. The molecule has 1 aromatic heterocycles. The van der Waals surface area contributed by atoms with E-state index in [1.165, 1.54) is 17.7 Å². The maximum absolute atomic E-state index is 13.4. The van der Waals surface area contributed by atoms with Crippen LogP contribution in [0.5, 0.6) is 11.5 Å². The number of aromatic nitrogens is 1. The Morgan fingerprint density at radius 2 is 1.97 bits per heavy atom. The molecule has 0 radical (unpaired) electrons. The second-order valence-corrected chi connectivity index (χ2v) is 10.6. The van der Waals surface area contributed by atoms with Crippen molar-refractivity contribution >= 4 is 23.2 Å². The zero-order valence-corrected chi connectivity index (χ0v) is 21.7. The summed E-state index contributed by atoms with van der Waals surface area (Å²) in [6.07, 6.45) is 8.53. The number of rotatable bonds is 10. The fraction of sp³-hybridized carbons (Fsp3) is 0.593. The molecule has 0 bridgehead atoms. The minimum Gasteiger partial charge on any atom is -0.493 e. The van der Waals surface area contributed by atoms with E-state index < -0.39 is 6.04 Å². The summed E-state index contributed by atoms with van der Waals surface area (Å²) in [4.78, 5) is 33.6. The standard InChI is InChI=1S/C27H37N3O4S/c1-19-25(35-18-29-19)12-14-34-23-11-10-21(15-24(23)33-2)17-30(22-9-5-6-13-28-27(22)32)26(31)16-20-7-3-4-8-20/h10-11,15,18,20,22H,3-9,12-14,16-17H2,1-2H3,(H,28,32)/t22-/m0/s1. The second-order valence-electron chi connectivity index (χ2n) is 9.62. The first-order valence-corrected chi connectivity index (χ1v) is 13.7. The highest BCUT2D eigenvalue weighted by molar-refractivity contribution is 7.09. The zero-order chi connectivity index (χ0) is 24.6. The molecule has 7 nitrogen and oxygen atoms in total. The fourth-order valence-electron chi connectivity index (χ4n) is 5.12. The van der Waals surface area contributed by atoms with Gasteiger partial charge in [-0.25, -0.2) is 4.98 Å². The Hall–Kier alpha value is -2.61. The molecule has 2 heterocycles. The predicted octanol–water partition coefficient (Wildman–Crippen LogP) is 4.66. The molecular formula is C27H37N3O4S. The summed E-state index contributed by atoms with van der Waals surface area (Å²) in [5.74, 6) is 1.79. The Labute approximate surface area is 212 Å².